The van der Waals surface area contributed by atoms with Crippen LogP contribution in [-0.2, 0) is 10.3 Å². The van der Waals surface area contributed by atoms with Crippen molar-refractivity contribution < 1.29 is 4.79 Å². The fourth-order valence-corrected chi connectivity index (χ4v) is 2.15. The summed E-state index contributed by atoms with van der Waals surface area (Å²) < 4.78 is 0. The summed E-state index contributed by atoms with van der Waals surface area (Å²) in [6.45, 7) is 5.52. The van der Waals surface area contributed by atoms with Crippen molar-refractivity contribution in [3.05, 3.63) is 84.4 Å². The predicted octanol–water partition coefficient (Wildman–Crippen LogP) is 3.25. The van der Waals surface area contributed by atoms with Gasteiger partial charge in [0.1, 0.15) is 0 Å². The first-order valence-corrected chi connectivity index (χ1v) is 6.22. The van der Waals surface area contributed by atoms with Crippen molar-refractivity contribution in [2.45, 2.75) is 12.5 Å². The molecule has 2 aromatic rings. The third kappa shape index (κ3) is 2.74. The van der Waals surface area contributed by atoms with Gasteiger partial charge in [0.25, 0.3) is 0 Å². The van der Waals surface area contributed by atoms with E-state index in [0.717, 1.165) is 11.1 Å². The molecule has 0 bridgehead atoms. The van der Waals surface area contributed by atoms with E-state index in [9.17, 15) is 4.79 Å². The van der Waals surface area contributed by atoms with Crippen LogP contribution in [0.5, 0.6) is 0 Å². The molecule has 2 rings (SSSR count). The Labute approximate surface area is 113 Å². The van der Waals surface area contributed by atoms with Crippen LogP contribution in [0.1, 0.15) is 18.1 Å². The number of carbonyl (C=O) groups is 1. The van der Waals surface area contributed by atoms with Gasteiger partial charge in [-0.05, 0) is 24.1 Å². The first-order chi connectivity index (χ1) is 9.16. The molecule has 0 spiro atoms. The van der Waals surface area contributed by atoms with E-state index < -0.39 is 5.54 Å². The van der Waals surface area contributed by atoms with E-state index in [1.165, 1.54) is 6.08 Å². The second kappa shape index (κ2) is 5.53. The van der Waals surface area contributed by atoms with Gasteiger partial charge in [0, 0.05) is 0 Å². The Morgan fingerprint density at radius 1 is 1.00 bits per heavy atom. The summed E-state index contributed by atoms with van der Waals surface area (Å²) >= 11 is 0. The number of rotatable bonds is 4. The number of carbonyl (C=O) groups excluding carboxylic acids is 1. The molecule has 0 radical (unpaired) electrons. The molecule has 19 heavy (non-hydrogen) atoms. The van der Waals surface area contributed by atoms with E-state index in [4.69, 9.17) is 0 Å². The van der Waals surface area contributed by atoms with Gasteiger partial charge in [0.05, 0.1) is 5.54 Å². The van der Waals surface area contributed by atoms with Gasteiger partial charge in [-0.15, -0.1) is 0 Å². The number of hydrogen-bond donors (Lipinski definition) is 1. The van der Waals surface area contributed by atoms with Crippen LogP contribution in [0.25, 0.3) is 0 Å². The number of hydrogen-bond acceptors (Lipinski definition) is 1. The molecule has 0 aliphatic heterocycles. The molecule has 0 unspecified atom stereocenters. The fraction of sp³-hybridized carbons (Fsp3) is 0.118. The highest BCUT2D eigenvalue weighted by Crippen LogP contribution is 2.28. The Morgan fingerprint density at radius 2 is 1.42 bits per heavy atom. The molecule has 2 aromatic carbocycles. The minimum Gasteiger partial charge on any atom is -0.339 e. The highest BCUT2D eigenvalue weighted by molar-refractivity contribution is 5.88. The topological polar surface area (TPSA) is 29.1 Å². The van der Waals surface area contributed by atoms with Crippen LogP contribution in [0, 0.1) is 0 Å². The second-order valence-electron chi connectivity index (χ2n) is 4.55. The molecule has 0 atom stereocenters. The van der Waals surface area contributed by atoms with Crippen LogP contribution < -0.4 is 5.32 Å². The van der Waals surface area contributed by atoms with Crippen molar-refractivity contribution in [2.75, 3.05) is 0 Å². The maximum Gasteiger partial charge on any atom is 0.244 e. The third-order valence-corrected chi connectivity index (χ3v) is 3.26. The molecular weight excluding hydrogens is 234 g/mol. The van der Waals surface area contributed by atoms with Crippen molar-refractivity contribution >= 4 is 5.91 Å². The summed E-state index contributed by atoms with van der Waals surface area (Å²) in [5, 5.41) is 3.02. The lowest BCUT2D eigenvalue weighted by atomic mass is 9.84. The zero-order valence-electron chi connectivity index (χ0n) is 11.0. The second-order valence-corrected chi connectivity index (χ2v) is 4.55. The zero-order valence-corrected chi connectivity index (χ0v) is 11.0. The van der Waals surface area contributed by atoms with Crippen LogP contribution in [0.3, 0.4) is 0 Å². The summed E-state index contributed by atoms with van der Waals surface area (Å²) in [4.78, 5) is 11.7. The van der Waals surface area contributed by atoms with E-state index in [0.29, 0.717) is 0 Å². The molecular formula is C17H17NO. The highest BCUT2D eigenvalue weighted by Gasteiger charge is 2.29. The van der Waals surface area contributed by atoms with Gasteiger partial charge in [-0.3, -0.25) is 4.79 Å². The molecule has 0 aromatic heterocycles. The summed E-state index contributed by atoms with van der Waals surface area (Å²) in [5.74, 6) is -0.185. The van der Waals surface area contributed by atoms with Gasteiger partial charge in [0.15, 0.2) is 0 Å². The Bertz CT molecular complexity index is 521. The molecule has 0 heterocycles. The molecule has 1 amide bonds. The highest BCUT2D eigenvalue weighted by atomic mass is 16.1. The van der Waals surface area contributed by atoms with E-state index in [1.54, 1.807) is 0 Å². The molecule has 0 aliphatic rings. The lowest BCUT2D eigenvalue weighted by molar-refractivity contribution is -0.117. The van der Waals surface area contributed by atoms with Crippen molar-refractivity contribution in [2.24, 2.45) is 0 Å². The van der Waals surface area contributed by atoms with Gasteiger partial charge in [-0.1, -0.05) is 67.2 Å². The van der Waals surface area contributed by atoms with Gasteiger partial charge < -0.3 is 5.32 Å². The summed E-state index contributed by atoms with van der Waals surface area (Å²) in [6, 6.07) is 19.8. The average molecular weight is 251 g/mol. The monoisotopic (exact) mass is 251 g/mol. The average Bonchev–Trinajstić information content (AvgIpc) is 2.48. The van der Waals surface area contributed by atoms with E-state index >= 15 is 0 Å². The largest absolute Gasteiger partial charge is 0.339 e. The van der Waals surface area contributed by atoms with Crippen molar-refractivity contribution in [3.63, 3.8) is 0 Å². The lowest BCUT2D eigenvalue weighted by Gasteiger charge is -2.31. The van der Waals surface area contributed by atoms with Crippen molar-refractivity contribution in [3.8, 4) is 0 Å². The first-order valence-electron chi connectivity index (χ1n) is 6.22. The van der Waals surface area contributed by atoms with Crippen LogP contribution in [0.2, 0.25) is 0 Å². The van der Waals surface area contributed by atoms with Crippen LogP contribution in [0.15, 0.2) is 73.3 Å². The van der Waals surface area contributed by atoms with E-state index in [1.807, 2.05) is 67.6 Å². The maximum atomic E-state index is 11.7. The lowest BCUT2D eigenvalue weighted by Crippen LogP contribution is -2.43. The van der Waals surface area contributed by atoms with Crippen molar-refractivity contribution in [1.29, 1.82) is 0 Å². The Kier molecular flexibility index (Phi) is 3.81. The zero-order chi connectivity index (χ0) is 13.7. The molecule has 0 aliphatic carbocycles. The molecule has 2 nitrogen and oxygen atoms in total. The minimum atomic E-state index is -0.562. The Balaban J connectivity index is 2.50. The van der Waals surface area contributed by atoms with Crippen LogP contribution in [0.4, 0.5) is 0 Å². The molecule has 2 heteroatoms. The Morgan fingerprint density at radius 3 is 1.79 bits per heavy atom. The van der Waals surface area contributed by atoms with E-state index in [-0.39, 0.29) is 5.91 Å². The number of benzene rings is 2. The number of amides is 1. The number of nitrogens with one attached hydrogen (secondary N) is 1. The Hall–Kier alpha value is -2.35. The normalized spacial score (nSPS) is 10.8. The summed E-state index contributed by atoms with van der Waals surface area (Å²) in [5.41, 5.74) is 1.51. The SMILES string of the molecule is C=CC(=O)NC(C)(c1ccccc1)c1ccccc1. The third-order valence-electron chi connectivity index (χ3n) is 3.26. The van der Waals surface area contributed by atoms with E-state index in [2.05, 4.69) is 11.9 Å². The predicted molar refractivity (Wildman–Crippen MR) is 77.7 cm³/mol. The summed E-state index contributed by atoms with van der Waals surface area (Å²) in [7, 11) is 0. The maximum absolute atomic E-state index is 11.7. The smallest absolute Gasteiger partial charge is 0.244 e. The van der Waals surface area contributed by atoms with Crippen LogP contribution in [-0.4, -0.2) is 5.91 Å². The molecule has 0 saturated carbocycles. The van der Waals surface area contributed by atoms with Gasteiger partial charge in [0.2, 0.25) is 5.91 Å². The quantitative estimate of drug-likeness (QED) is 0.830. The van der Waals surface area contributed by atoms with Gasteiger partial charge in [-0.25, -0.2) is 0 Å². The first kappa shape index (κ1) is 13.1. The minimum absolute atomic E-state index is 0.185. The van der Waals surface area contributed by atoms with Crippen molar-refractivity contribution in [1.82, 2.24) is 5.32 Å². The molecule has 1 N–H and O–H groups in total. The van der Waals surface area contributed by atoms with Crippen LogP contribution >= 0.6 is 0 Å². The molecule has 0 saturated heterocycles. The molecule has 0 fully saturated rings. The fourth-order valence-electron chi connectivity index (χ4n) is 2.15. The van der Waals surface area contributed by atoms with Gasteiger partial charge in [-0.2, -0.15) is 0 Å². The molecule has 96 valence electrons. The summed E-state index contributed by atoms with van der Waals surface area (Å²) in [6.07, 6.45) is 1.30. The standard InChI is InChI=1S/C17H17NO/c1-3-16(19)18-17(2,14-10-6-4-7-11-14)15-12-8-5-9-13-15/h3-13H,1H2,2H3,(H,18,19). The van der Waals surface area contributed by atoms with Gasteiger partial charge >= 0.3 is 0 Å².